The minimum Gasteiger partial charge on any atom is -0.492 e. The third-order valence-electron chi connectivity index (χ3n) is 5.23. The van der Waals surface area contributed by atoms with Crippen LogP contribution in [0.2, 0.25) is 5.02 Å². The molecule has 180 valence electrons. The molecule has 3 rings (SSSR count). The van der Waals surface area contributed by atoms with Crippen molar-refractivity contribution in [1.29, 1.82) is 0 Å². The van der Waals surface area contributed by atoms with Crippen LogP contribution in [0.15, 0.2) is 65.6 Å². The van der Waals surface area contributed by atoms with Gasteiger partial charge in [0, 0.05) is 5.02 Å². The van der Waals surface area contributed by atoms with Gasteiger partial charge in [-0.05, 0) is 80.8 Å². The van der Waals surface area contributed by atoms with Gasteiger partial charge in [0.15, 0.2) is 0 Å². The third-order valence-corrected chi connectivity index (χ3v) is 7.42. The monoisotopic (exact) mass is 500 g/mol. The van der Waals surface area contributed by atoms with Gasteiger partial charge in [0.25, 0.3) is 10.0 Å². The van der Waals surface area contributed by atoms with Crippen molar-refractivity contribution in [1.82, 2.24) is 5.32 Å². The van der Waals surface area contributed by atoms with Gasteiger partial charge < -0.3 is 10.1 Å². The molecule has 0 aliphatic rings. The number of hydrogen-bond acceptors (Lipinski definition) is 4. The van der Waals surface area contributed by atoms with Gasteiger partial charge in [0.2, 0.25) is 5.91 Å². The summed E-state index contributed by atoms with van der Waals surface area (Å²) in [6.07, 6.45) is 0. The van der Waals surface area contributed by atoms with Crippen LogP contribution in [0.25, 0.3) is 0 Å². The lowest BCUT2D eigenvalue weighted by Gasteiger charge is -2.25. The fourth-order valence-corrected chi connectivity index (χ4v) is 5.03. The van der Waals surface area contributed by atoms with E-state index in [1.165, 1.54) is 0 Å². The molecule has 0 heterocycles. The molecule has 0 saturated carbocycles. The summed E-state index contributed by atoms with van der Waals surface area (Å²) in [5, 5.41) is 3.34. The lowest BCUT2D eigenvalue weighted by atomic mass is 10.1. The van der Waals surface area contributed by atoms with Crippen molar-refractivity contribution < 1.29 is 17.9 Å². The molecule has 6 nitrogen and oxygen atoms in total. The average Bonchev–Trinajstić information content (AvgIpc) is 2.77. The normalized spacial score (nSPS) is 11.2. The van der Waals surface area contributed by atoms with Gasteiger partial charge in [-0.25, -0.2) is 8.42 Å². The van der Waals surface area contributed by atoms with Crippen LogP contribution in [-0.2, 0) is 14.8 Å². The molecule has 1 N–H and O–H groups in total. The van der Waals surface area contributed by atoms with E-state index in [-0.39, 0.29) is 24.6 Å². The van der Waals surface area contributed by atoms with E-state index in [0.29, 0.717) is 16.5 Å². The number of halogens is 1. The summed E-state index contributed by atoms with van der Waals surface area (Å²) in [5.41, 5.74) is 4.15. The number of hydrogen-bond donors (Lipinski definition) is 1. The molecule has 0 aliphatic heterocycles. The van der Waals surface area contributed by atoms with Crippen molar-refractivity contribution in [3.05, 3.63) is 87.9 Å². The highest BCUT2D eigenvalue weighted by Crippen LogP contribution is 2.26. The molecule has 0 saturated heterocycles. The zero-order valence-electron chi connectivity index (χ0n) is 19.8. The van der Waals surface area contributed by atoms with Gasteiger partial charge in [-0.2, -0.15) is 0 Å². The molecule has 0 aliphatic carbocycles. The number of anilines is 1. The van der Waals surface area contributed by atoms with Gasteiger partial charge in [-0.15, -0.1) is 0 Å². The quantitative estimate of drug-likeness (QED) is 0.421. The number of benzene rings is 3. The first-order chi connectivity index (χ1) is 16.1. The van der Waals surface area contributed by atoms with Gasteiger partial charge in [0.05, 0.1) is 17.1 Å². The number of nitrogens with zero attached hydrogens (tertiary/aromatic N) is 1. The predicted molar refractivity (Wildman–Crippen MR) is 136 cm³/mol. The van der Waals surface area contributed by atoms with Crippen LogP contribution in [0.5, 0.6) is 5.75 Å². The SMILES string of the molecule is Cc1ccc(S(=O)(=O)N(CC(=O)NCCOc2ccc(C)c(Cl)c2)c2cc(C)cc(C)c2)cc1. The maximum Gasteiger partial charge on any atom is 0.264 e. The Kier molecular flexibility index (Phi) is 8.23. The molecule has 8 heteroatoms. The molecule has 34 heavy (non-hydrogen) atoms. The fourth-order valence-electron chi connectivity index (χ4n) is 3.46. The molecule has 0 atom stereocenters. The third kappa shape index (κ3) is 6.52. The van der Waals surface area contributed by atoms with Crippen LogP contribution in [-0.4, -0.2) is 34.0 Å². The molecule has 3 aromatic rings. The highest BCUT2D eigenvalue weighted by Gasteiger charge is 2.27. The molecule has 0 aromatic heterocycles. The minimum atomic E-state index is -3.96. The Morgan fingerprint density at radius 2 is 1.56 bits per heavy atom. The molecule has 1 amide bonds. The lowest BCUT2D eigenvalue weighted by Crippen LogP contribution is -2.42. The Morgan fingerprint density at radius 3 is 2.18 bits per heavy atom. The van der Waals surface area contributed by atoms with E-state index < -0.39 is 15.9 Å². The first-order valence-electron chi connectivity index (χ1n) is 10.9. The summed E-state index contributed by atoms with van der Waals surface area (Å²) in [4.78, 5) is 12.9. The summed E-state index contributed by atoms with van der Waals surface area (Å²) >= 11 is 6.10. The van der Waals surface area contributed by atoms with E-state index >= 15 is 0 Å². The second kappa shape index (κ2) is 10.9. The van der Waals surface area contributed by atoms with Crippen molar-refractivity contribution in [2.45, 2.75) is 32.6 Å². The van der Waals surface area contributed by atoms with Gasteiger partial charge in [-0.1, -0.05) is 41.4 Å². The summed E-state index contributed by atoms with van der Waals surface area (Å²) in [6.45, 7) is 7.66. The molecular formula is C26H29ClN2O4S. The Balaban J connectivity index is 1.73. The fraction of sp³-hybridized carbons (Fsp3) is 0.269. The number of aryl methyl sites for hydroxylation is 4. The van der Waals surface area contributed by atoms with E-state index in [1.807, 2.05) is 39.8 Å². The number of carbonyl (C=O) groups excluding carboxylic acids is 1. The molecule has 0 spiro atoms. The van der Waals surface area contributed by atoms with Gasteiger partial charge in [-0.3, -0.25) is 9.10 Å². The molecule has 0 unspecified atom stereocenters. The highest BCUT2D eigenvalue weighted by molar-refractivity contribution is 7.92. The Morgan fingerprint density at radius 1 is 0.912 bits per heavy atom. The lowest BCUT2D eigenvalue weighted by molar-refractivity contribution is -0.119. The number of carbonyl (C=O) groups is 1. The number of ether oxygens (including phenoxy) is 1. The van der Waals surface area contributed by atoms with E-state index in [4.69, 9.17) is 16.3 Å². The Bertz CT molecular complexity index is 1250. The average molecular weight is 501 g/mol. The van der Waals surface area contributed by atoms with E-state index in [2.05, 4.69) is 5.32 Å². The van der Waals surface area contributed by atoms with Gasteiger partial charge >= 0.3 is 0 Å². The van der Waals surface area contributed by atoms with E-state index in [1.54, 1.807) is 48.5 Å². The van der Waals surface area contributed by atoms with Crippen LogP contribution in [0.4, 0.5) is 5.69 Å². The van der Waals surface area contributed by atoms with Gasteiger partial charge in [0.1, 0.15) is 18.9 Å². The maximum atomic E-state index is 13.5. The van der Waals surface area contributed by atoms with Crippen molar-refractivity contribution in [3.8, 4) is 5.75 Å². The maximum absolute atomic E-state index is 13.5. The number of rotatable bonds is 9. The van der Waals surface area contributed by atoms with Crippen molar-refractivity contribution in [2.75, 3.05) is 24.0 Å². The molecule has 0 bridgehead atoms. The van der Waals surface area contributed by atoms with Crippen LogP contribution in [0.1, 0.15) is 22.3 Å². The van der Waals surface area contributed by atoms with Crippen LogP contribution >= 0.6 is 11.6 Å². The number of nitrogens with one attached hydrogen (secondary N) is 1. The topological polar surface area (TPSA) is 75.7 Å². The number of amides is 1. The second-order valence-electron chi connectivity index (χ2n) is 8.28. The first-order valence-corrected chi connectivity index (χ1v) is 12.7. The molecule has 0 fully saturated rings. The number of sulfonamides is 1. The summed E-state index contributed by atoms with van der Waals surface area (Å²) in [5.74, 6) is 0.170. The largest absolute Gasteiger partial charge is 0.492 e. The minimum absolute atomic E-state index is 0.129. The van der Waals surface area contributed by atoms with Crippen molar-refractivity contribution in [2.24, 2.45) is 0 Å². The zero-order chi connectivity index (χ0) is 24.9. The standard InChI is InChI=1S/C26H29ClN2O4S/c1-18-5-9-24(10-6-18)34(31,32)29(22-14-19(2)13-20(3)15-22)17-26(30)28-11-12-33-23-8-7-21(4)25(27)16-23/h5-10,13-16H,11-12,17H2,1-4H3,(H,28,30). The predicted octanol–water partition coefficient (Wildman–Crippen LogP) is 4.96. The van der Waals surface area contributed by atoms with E-state index in [0.717, 1.165) is 26.6 Å². The Hall–Kier alpha value is -3.03. The smallest absolute Gasteiger partial charge is 0.264 e. The summed E-state index contributed by atoms with van der Waals surface area (Å²) in [6, 6.07) is 17.4. The van der Waals surface area contributed by atoms with Crippen LogP contribution in [0, 0.1) is 27.7 Å². The van der Waals surface area contributed by atoms with Crippen molar-refractivity contribution in [3.63, 3.8) is 0 Å². The molecule has 0 radical (unpaired) electrons. The van der Waals surface area contributed by atoms with Crippen molar-refractivity contribution >= 4 is 33.2 Å². The summed E-state index contributed by atoms with van der Waals surface area (Å²) in [7, 11) is -3.96. The van der Waals surface area contributed by atoms with Crippen LogP contribution in [0.3, 0.4) is 0 Å². The Labute approximate surface area is 206 Å². The van der Waals surface area contributed by atoms with E-state index in [9.17, 15) is 13.2 Å². The highest BCUT2D eigenvalue weighted by atomic mass is 35.5. The second-order valence-corrected chi connectivity index (χ2v) is 10.5. The molecule has 3 aromatic carbocycles. The summed E-state index contributed by atoms with van der Waals surface area (Å²) < 4.78 is 33.7. The first kappa shape index (κ1) is 25.6. The zero-order valence-corrected chi connectivity index (χ0v) is 21.3. The molecular weight excluding hydrogens is 472 g/mol. The van der Waals surface area contributed by atoms with Crippen LogP contribution < -0.4 is 14.4 Å².